The molecule has 0 radical (unpaired) electrons. The Morgan fingerprint density at radius 2 is 2.20 bits per heavy atom. The van der Waals surface area contributed by atoms with Crippen molar-refractivity contribution >= 4 is 6.09 Å². The first kappa shape index (κ1) is 9.13. The lowest BCUT2D eigenvalue weighted by Gasteiger charge is -2.13. The van der Waals surface area contributed by atoms with Gasteiger partial charge in [-0.25, -0.2) is 13.6 Å². The first-order valence-corrected chi connectivity index (χ1v) is 2.65. The zero-order valence-corrected chi connectivity index (χ0v) is 5.80. The standard InChI is InChI=1S/C5H9F2NO2/c1-8(3-4(6)7)5(9)10-2/h4H,3H2,1-2H3. The second-order valence-electron chi connectivity index (χ2n) is 1.74. The fourth-order valence-corrected chi connectivity index (χ4v) is 0.437. The smallest absolute Gasteiger partial charge is 0.409 e. The number of halogens is 2. The molecule has 0 aromatic heterocycles. The Kier molecular flexibility index (Phi) is 3.68. The van der Waals surface area contributed by atoms with Crippen molar-refractivity contribution in [3.63, 3.8) is 0 Å². The number of nitrogens with zero attached hydrogens (tertiary/aromatic N) is 1. The summed E-state index contributed by atoms with van der Waals surface area (Å²) in [6.45, 7) is -0.591. The van der Waals surface area contributed by atoms with Gasteiger partial charge in [0.15, 0.2) is 0 Å². The van der Waals surface area contributed by atoms with Gasteiger partial charge in [0.2, 0.25) is 0 Å². The van der Waals surface area contributed by atoms with E-state index in [9.17, 15) is 13.6 Å². The van der Waals surface area contributed by atoms with Gasteiger partial charge in [0.05, 0.1) is 13.7 Å². The number of amides is 1. The molecule has 0 aliphatic carbocycles. The van der Waals surface area contributed by atoms with Crippen molar-refractivity contribution in [3.05, 3.63) is 0 Å². The summed E-state index contributed by atoms with van der Waals surface area (Å²) in [5.74, 6) is 0. The van der Waals surface area contributed by atoms with Crippen molar-refractivity contribution in [2.75, 3.05) is 20.7 Å². The Labute approximate surface area is 57.6 Å². The van der Waals surface area contributed by atoms with Crippen LogP contribution < -0.4 is 0 Å². The van der Waals surface area contributed by atoms with Gasteiger partial charge in [0.25, 0.3) is 6.43 Å². The molecule has 0 fully saturated rings. The van der Waals surface area contributed by atoms with Gasteiger partial charge in [0, 0.05) is 7.05 Å². The first-order valence-electron chi connectivity index (χ1n) is 2.65. The third-order valence-electron chi connectivity index (χ3n) is 0.898. The Morgan fingerprint density at radius 1 is 1.70 bits per heavy atom. The maximum Gasteiger partial charge on any atom is 0.409 e. The molecule has 0 aromatic carbocycles. The number of ether oxygens (including phenoxy) is 1. The molecule has 0 aromatic rings. The van der Waals surface area contributed by atoms with Crippen molar-refractivity contribution < 1.29 is 18.3 Å². The third kappa shape index (κ3) is 3.21. The highest BCUT2D eigenvalue weighted by Crippen LogP contribution is 1.96. The van der Waals surface area contributed by atoms with Gasteiger partial charge >= 0.3 is 6.09 Å². The lowest BCUT2D eigenvalue weighted by Crippen LogP contribution is -2.30. The summed E-state index contributed by atoms with van der Waals surface area (Å²) in [4.78, 5) is 11.2. The number of carbonyl (C=O) groups excluding carboxylic acids is 1. The fraction of sp³-hybridized carbons (Fsp3) is 0.800. The van der Waals surface area contributed by atoms with Gasteiger partial charge in [-0.05, 0) is 0 Å². The number of rotatable bonds is 2. The van der Waals surface area contributed by atoms with E-state index in [1.165, 1.54) is 7.05 Å². The molecule has 60 valence electrons. The molecule has 0 spiro atoms. The molecule has 1 amide bonds. The Hall–Kier alpha value is -0.870. The number of hydrogen-bond donors (Lipinski definition) is 0. The summed E-state index contributed by atoms with van der Waals surface area (Å²) in [5.41, 5.74) is 0. The molecule has 0 atom stereocenters. The minimum Gasteiger partial charge on any atom is -0.453 e. The average Bonchev–Trinajstić information content (AvgIpc) is 1.85. The molecule has 0 bridgehead atoms. The van der Waals surface area contributed by atoms with E-state index in [4.69, 9.17) is 0 Å². The minimum absolute atomic E-state index is 0.591. The molecule has 0 saturated carbocycles. The molecule has 0 aliphatic heterocycles. The summed E-state index contributed by atoms with van der Waals surface area (Å²) >= 11 is 0. The summed E-state index contributed by atoms with van der Waals surface area (Å²) in [6.07, 6.45) is -3.26. The predicted octanol–water partition coefficient (Wildman–Crippen LogP) is 0.950. The van der Waals surface area contributed by atoms with Crippen LogP contribution in [0.15, 0.2) is 0 Å². The topological polar surface area (TPSA) is 29.5 Å². The average molecular weight is 153 g/mol. The van der Waals surface area contributed by atoms with E-state index in [-0.39, 0.29) is 0 Å². The van der Waals surface area contributed by atoms with E-state index in [0.29, 0.717) is 0 Å². The number of methoxy groups -OCH3 is 1. The largest absolute Gasteiger partial charge is 0.453 e. The molecule has 0 heterocycles. The molecule has 0 unspecified atom stereocenters. The molecule has 0 rings (SSSR count). The van der Waals surface area contributed by atoms with Crippen LogP contribution in [-0.4, -0.2) is 38.1 Å². The van der Waals surface area contributed by atoms with Gasteiger partial charge in [-0.3, -0.25) is 0 Å². The lowest BCUT2D eigenvalue weighted by molar-refractivity contribution is 0.0815. The van der Waals surface area contributed by atoms with Crippen molar-refractivity contribution in [2.24, 2.45) is 0 Å². The summed E-state index contributed by atoms with van der Waals surface area (Å²) in [7, 11) is 2.39. The van der Waals surface area contributed by atoms with Gasteiger partial charge in [-0.1, -0.05) is 0 Å². The number of carbonyl (C=O) groups is 1. The van der Waals surface area contributed by atoms with Crippen LogP contribution in [0.25, 0.3) is 0 Å². The predicted molar refractivity (Wildman–Crippen MR) is 31.0 cm³/mol. The van der Waals surface area contributed by atoms with Crippen LogP contribution in [0.3, 0.4) is 0 Å². The Morgan fingerprint density at radius 3 is 2.50 bits per heavy atom. The summed E-state index contributed by atoms with van der Waals surface area (Å²) < 4.78 is 27.2. The minimum atomic E-state index is -2.51. The van der Waals surface area contributed by atoms with E-state index in [0.717, 1.165) is 12.0 Å². The monoisotopic (exact) mass is 153 g/mol. The van der Waals surface area contributed by atoms with Gasteiger partial charge in [-0.15, -0.1) is 0 Å². The van der Waals surface area contributed by atoms with Crippen molar-refractivity contribution in [1.82, 2.24) is 4.90 Å². The van der Waals surface area contributed by atoms with Crippen LogP contribution in [-0.2, 0) is 4.74 Å². The van der Waals surface area contributed by atoms with Crippen molar-refractivity contribution in [1.29, 1.82) is 0 Å². The third-order valence-corrected chi connectivity index (χ3v) is 0.898. The van der Waals surface area contributed by atoms with Crippen LogP contribution in [0.5, 0.6) is 0 Å². The number of alkyl halides is 2. The first-order chi connectivity index (χ1) is 4.57. The van der Waals surface area contributed by atoms with E-state index < -0.39 is 19.1 Å². The van der Waals surface area contributed by atoms with E-state index in [2.05, 4.69) is 4.74 Å². The van der Waals surface area contributed by atoms with Crippen LogP contribution in [0.1, 0.15) is 0 Å². The quantitative estimate of drug-likeness (QED) is 0.591. The van der Waals surface area contributed by atoms with Gasteiger partial charge in [-0.2, -0.15) is 0 Å². The maximum atomic E-state index is 11.5. The van der Waals surface area contributed by atoms with Gasteiger partial charge < -0.3 is 9.64 Å². The van der Waals surface area contributed by atoms with Crippen LogP contribution in [0, 0.1) is 0 Å². The highest BCUT2D eigenvalue weighted by molar-refractivity contribution is 5.66. The zero-order valence-electron chi connectivity index (χ0n) is 5.80. The summed E-state index contributed by atoms with van der Waals surface area (Å²) in [5, 5.41) is 0. The molecule has 5 heteroatoms. The summed E-state index contributed by atoms with van der Waals surface area (Å²) in [6, 6.07) is 0. The molecule has 3 nitrogen and oxygen atoms in total. The molecular formula is C5H9F2NO2. The second kappa shape index (κ2) is 4.03. The van der Waals surface area contributed by atoms with Crippen LogP contribution in [0.2, 0.25) is 0 Å². The highest BCUT2D eigenvalue weighted by Gasteiger charge is 2.12. The molecule has 0 N–H and O–H groups in total. The van der Waals surface area contributed by atoms with E-state index >= 15 is 0 Å². The number of hydrogen-bond acceptors (Lipinski definition) is 2. The normalized spacial score (nSPS) is 9.70. The molecule has 0 saturated heterocycles. The molecule has 10 heavy (non-hydrogen) atoms. The zero-order chi connectivity index (χ0) is 8.15. The fourth-order valence-electron chi connectivity index (χ4n) is 0.437. The SMILES string of the molecule is COC(=O)N(C)CC(F)F. The van der Waals surface area contributed by atoms with Crippen LogP contribution >= 0.6 is 0 Å². The lowest BCUT2D eigenvalue weighted by atomic mass is 10.6. The van der Waals surface area contributed by atoms with Crippen molar-refractivity contribution in [2.45, 2.75) is 6.43 Å². The molecular weight excluding hydrogens is 144 g/mol. The Bertz CT molecular complexity index is 118. The molecule has 0 aliphatic rings. The van der Waals surface area contributed by atoms with E-state index in [1.807, 2.05) is 0 Å². The second-order valence-corrected chi connectivity index (χ2v) is 1.74. The highest BCUT2D eigenvalue weighted by atomic mass is 19.3. The Balaban J connectivity index is 3.61. The van der Waals surface area contributed by atoms with Gasteiger partial charge in [0.1, 0.15) is 0 Å². The van der Waals surface area contributed by atoms with Crippen LogP contribution in [0.4, 0.5) is 13.6 Å². The van der Waals surface area contributed by atoms with E-state index in [1.54, 1.807) is 0 Å². The maximum absolute atomic E-state index is 11.5. The van der Waals surface area contributed by atoms with Crippen molar-refractivity contribution in [3.8, 4) is 0 Å².